The number of ketones is 1. The van der Waals surface area contributed by atoms with E-state index in [0.29, 0.717) is 11.8 Å². The van der Waals surface area contributed by atoms with E-state index in [9.17, 15) is 18.0 Å². The molecule has 0 amide bonds. The minimum absolute atomic E-state index is 0.0912. The summed E-state index contributed by atoms with van der Waals surface area (Å²) in [5.74, 6) is -0.768. The molecule has 1 aromatic heterocycles. The molecule has 1 aliphatic rings. The number of rotatable bonds is 2. The van der Waals surface area contributed by atoms with Gasteiger partial charge in [-0.3, -0.25) is 9.48 Å². The number of nitrogens with zero attached hydrogens (tertiary/aromatic N) is 2. The van der Waals surface area contributed by atoms with E-state index in [0.717, 1.165) is 25.5 Å². The molecule has 1 heterocycles. The highest BCUT2D eigenvalue weighted by molar-refractivity contribution is 5.99. The molecular weight excluding hydrogens is 257 g/mol. The van der Waals surface area contributed by atoms with Crippen LogP contribution in [0.5, 0.6) is 0 Å². The lowest BCUT2D eigenvalue weighted by Gasteiger charge is -2.31. The van der Waals surface area contributed by atoms with Crippen LogP contribution in [0.1, 0.15) is 49.5 Å². The Morgan fingerprint density at radius 3 is 2.37 bits per heavy atom. The minimum atomic E-state index is -4.83. The van der Waals surface area contributed by atoms with Gasteiger partial charge < -0.3 is 0 Å². The van der Waals surface area contributed by atoms with Gasteiger partial charge in [-0.2, -0.15) is 18.3 Å². The van der Waals surface area contributed by atoms with Crippen LogP contribution >= 0.6 is 0 Å². The first-order valence-electron chi connectivity index (χ1n) is 6.43. The third-order valence-corrected chi connectivity index (χ3v) is 3.65. The van der Waals surface area contributed by atoms with E-state index >= 15 is 0 Å². The molecule has 0 aromatic carbocycles. The highest BCUT2D eigenvalue weighted by atomic mass is 19.4. The lowest BCUT2D eigenvalue weighted by atomic mass is 9.80. The maximum atomic E-state index is 12.3. The van der Waals surface area contributed by atoms with Gasteiger partial charge in [-0.25, -0.2) is 0 Å². The first-order valence-corrected chi connectivity index (χ1v) is 6.43. The molecule has 3 nitrogen and oxygen atoms in total. The highest BCUT2D eigenvalue weighted by Gasteiger charge is 2.40. The molecule has 106 valence electrons. The SMILES string of the molecule is CC1CC(C)CC(n2cc(C(=O)C(F)(F)F)cn2)C1. The average molecular weight is 274 g/mol. The van der Waals surface area contributed by atoms with Gasteiger partial charge >= 0.3 is 6.18 Å². The molecule has 19 heavy (non-hydrogen) atoms. The molecule has 0 bridgehead atoms. The quantitative estimate of drug-likeness (QED) is 0.772. The van der Waals surface area contributed by atoms with E-state index in [1.807, 2.05) is 0 Å². The summed E-state index contributed by atoms with van der Waals surface area (Å²) < 4.78 is 38.5. The Morgan fingerprint density at radius 1 is 1.26 bits per heavy atom. The average Bonchev–Trinajstić information content (AvgIpc) is 2.74. The Kier molecular flexibility index (Phi) is 3.69. The Morgan fingerprint density at radius 2 is 1.84 bits per heavy atom. The van der Waals surface area contributed by atoms with Gasteiger partial charge in [-0.05, 0) is 31.1 Å². The Balaban J connectivity index is 2.15. The summed E-state index contributed by atoms with van der Waals surface area (Å²) in [5.41, 5.74) is -0.377. The van der Waals surface area contributed by atoms with Crippen LogP contribution in [0.4, 0.5) is 13.2 Å². The van der Waals surface area contributed by atoms with Crippen LogP contribution in [0.25, 0.3) is 0 Å². The van der Waals surface area contributed by atoms with Gasteiger partial charge in [0.1, 0.15) is 0 Å². The molecule has 6 heteroatoms. The summed E-state index contributed by atoms with van der Waals surface area (Å²) in [6.45, 7) is 4.27. The van der Waals surface area contributed by atoms with Crippen molar-refractivity contribution in [1.82, 2.24) is 9.78 Å². The Bertz CT molecular complexity index is 457. The topological polar surface area (TPSA) is 34.9 Å². The summed E-state index contributed by atoms with van der Waals surface area (Å²) in [5, 5.41) is 3.94. The largest absolute Gasteiger partial charge is 0.454 e. The van der Waals surface area contributed by atoms with Crippen LogP contribution in [-0.4, -0.2) is 21.7 Å². The van der Waals surface area contributed by atoms with Crippen molar-refractivity contribution in [2.24, 2.45) is 11.8 Å². The molecule has 1 aliphatic carbocycles. The molecule has 1 fully saturated rings. The second-order valence-electron chi connectivity index (χ2n) is 5.61. The Labute approximate surface area is 109 Å². The zero-order chi connectivity index (χ0) is 14.2. The van der Waals surface area contributed by atoms with Crippen LogP contribution in [0.3, 0.4) is 0 Å². The number of Topliss-reactive ketones (excluding diaryl/α,β-unsaturated/α-hetero) is 1. The fraction of sp³-hybridized carbons (Fsp3) is 0.692. The van der Waals surface area contributed by atoms with Crippen LogP contribution < -0.4 is 0 Å². The van der Waals surface area contributed by atoms with E-state index in [1.165, 1.54) is 10.9 Å². The molecule has 1 aromatic rings. The molecule has 0 N–H and O–H groups in total. The minimum Gasteiger partial charge on any atom is -0.284 e. The van der Waals surface area contributed by atoms with E-state index in [-0.39, 0.29) is 11.6 Å². The van der Waals surface area contributed by atoms with Crippen molar-refractivity contribution in [2.75, 3.05) is 0 Å². The van der Waals surface area contributed by atoms with Crippen molar-refractivity contribution >= 4 is 5.78 Å². The molecule has 2 rings (SSSR count). The van der Waals surface area contributed by atoms with Crippen molar-refractivity contribution in [3.05, 3.63) is 18.0 Å². The van der Waals surface area contributed by atoms with Gasteiger partial charge in [0.2, 0.25) is 0 Å². The second kappa shape index (κ2) is 4.98. The van der Waals surface area contributed by atoms with E-state index in [1.54, 1.807) is 0 Å². The molecule has 0 spiro atoms. The van der Waals surface area contributed by atoms with Crippen molar-refractivity contribution in [3.63, 3.8) is 0 Å². The summed E-state index contributed by atoms with van der Waals surface area (Å²) >= 11 is 0. The summed E-state index contributed by atoms with van der Waals surface area (Å²) in [4.78, 5) is 11.1. The molecule has 0 radical (unpaired) electrons. The van der Waals surface area contributed by atoms with E-state index in [4.69, 9.17) is 0 Å². The maximum Gasteiger partial charge on any atom is 0.454 e. The summed E-state index contributed by atoms with van der Waals surface area (Å²) in [6, 6.07) is 0.0912. The lowest BCUT2D eigenvalue weighted by Crippen LogP contribution is -2.24. The molecule has 1 saturated carbocycles. The van der Waals surface area contributed by atoms with Gasteiger partial charge in [-0.15, -0.1) is 0 Å². The van der Waals surface area contributed by atoms with Crippen molar-refractivity contribution in [2.45, 2.75) is 45.3 Å². The molecule has 2 atom stereocenters. The van der Waals surface area contributed by atoms with Gasteiger partial charge in [-0.1, -0.05) is 13.8 Å². The third-order valence-electron chi connectivity index (χ3n) is 3.65. The zero-order valence-corrected chi connectivity index (χ0v) is 10.9. The van der Waals surface area contributed by atoms with Crippen LogP contribution in [0.15, 0.2) is 12.4 Å². The number of hydrogen-bond donors (Lipinski definition) is 0. The number of carbonyl (C=O) groups excluding carboxylic acids is 1. The summed E-state index contributed by atoms with van der Waals surface area (Å²) in [6.07, 6.45) is 0.329. The predicted octanol–water partition coefficient (Wildman–Crippen LogP) is 3.63. The molecule has 0 saturated heterocycles. The third kappa shape index (κ3) is 3.16. The zero-order valence-electron chi connectivity index (χ0n) is 10.9. The molecule has 0 aliphatic heterocycles. The van der Waals surface area contributed by atoms with Crippen LogP contribution in [0.2, 0.25) is 0 Å². The van der Waals surface area contributed by atoms with Crippen LogP contribution in [-0.2, 0) is 0 Å². The fourth-order valence-electron chi connectivity index (χ4n) is 2.94. The van der Waals surface area contributed by atoms with E-state index < -0.39 is 12.0 Å². The number of aromatic nitrogens is 2. The van der Waals surface area contributed by atoms with Crippen LogP contribution in [0, 0.1) is 11.8 Å². The first kappa shape index (κ1) is 14.1. The Hall–Kier alpha value is -1.33. The molecule has 2 unspecified atom stereocenters. The van der Waals surface area contributed by atoms with Crippen molar-refractivity contribution in [1.29, 1.82) is 0 Å². The summed E-state index contributed by atoms with van der Waals surface area (Å²) in [7, 11) is 0. The lowest BCUT2D eigenvalue weighted by molar-refractivity contribution is -0.0885. The van der Waals surface area contributed by atoms with E-state index in [2.05, 4.69) is 18.9 Å². The van der Waals surface area contributed by atoms with Gasteiger partial charge in [0.15, 0.2) is 0 Å². The highest BCUT2D eigenvalue weighted by Crippen LogP contribution is 2.35. The number of carbonyl (C=O) groups is 1. The van der Waals surface area contributed by atoms with Gasteiger partial charge in [0.05, 0.1) is 17.8 Å². The molecular formula is C13H17F3N2O. The van der Waals surface area contributed by atoms with Crippen molar-refractivity contribution < 1.29 is 18.0 Å². The van der Waals surface area contributed by atoms with Gasteiger partial charge in [0, 0.05) is 6.20 Å². The number of halogens is 3. The number of alkyl halides is 3. The normalized spacial score (nSPS) is 28.4. The predicted molar refractivity (Wildman–Crippen MR) is 63.8 cm³/mol. The maximum absolute atomic E-state index is 12.3. The first-order chi connectivity index (χ1) is 8.77. The van der Waals surface area contributed by atoms with Crippen molar-refractivity contribution in [3.8, 4) is 0 Å². The van der Waals surface area contributed by atoms with Gasteiger partial charge in [0.25, 0.3) is 5.78 Å². The fourth-order valence-corrected chi connectivity index (χ4v) is 2.94. The second-order valence-corrected chi connectivity index (χ2v) is 5.61. The monoisotopic (exact) mass is 274 g/mol. The smallest absolute Gasteiger partial charge is 0.284 e. The standard InChI is InChI=1S/C13H17F3N2O/c1-8-3-9(2)5-11(4-8)18-7-10(6-17-18)12(19)13(14,15)16/h6-9,11H,3-5H2,1-2H3. The number of hydrogen-bond acceptors (Lipinski definition) is 2.